The van der Waals surface area contributed by atoms with Crippen molar-refractivity contribution in [2.45, 2.75) is 36.7 Å². The second kappa shape index (κ2) is 6.87. The average Bonchev–Trinajstić information content (AvgIpc) is 2.57. The van der Waals surface area contributed by atoms with Crippen molar-refractivity contribution in [2.24, 2.45) is 0 Å². The van der Waals surface area contributed by atoms with Gasteiger partial charge >= 0.3 is 0 Å². The van der Waals surface area contributed by atoms with Gasteiger partial charge in [-0.05, 0) is 50.2 Å². The number of likely N-dealkylation sites (N-methyl/N-ethyl adjacent to an activating group) is 1. The van der Waals surface area contributed by atoms with Crippen LogP contribution in [-0.4, -0.2) is 30.6 Å². The number of halogens is 1. The van der Waals surface area contributed by atoms with E-state index in [0.29, 0.717) is 0 Å². The van der Waals surface area contributed by atoms with E-state index in [9.17, 15) is 5.11 Å². The van der Waals surface area contributed by atoms with Crippen LogP contribution in [0.4, 0.5) is 0 Å². The van der Waals surface area contributed by atoms with Crippen LogP contribution in [0.15, 0.2) is 54.6 Å². The molecule has 0 saturated heterocycles. The Bertz CT molecular complexity index is 687. The van der Waals surface area contributed by atoms with Gasteiger partial charge in [0.25, 0.3) is 0 Å². The largest absolute Gasteiger partial charge is 0.384 e. The van der Waals surface area contributed by atoms with E-state index in [1.807, 2.05) is 36.4 Å². The Hall–Kier alpha value is -1.35. The highest BCUT2D eigenvalue weighted by Gasteiger charge is 2.53. The van der Waals surface area contributed by atoms with Crippen LogP contribution in [0, 0.1) is 0 Å². The minimum atomic E-state index is -0.887. The van der Waals surface area contributed by atoms with Crippen molar-refractivity contribution < 1.29 is 5.11 Å². The predicted octanol–water partition coefficient (Wildman–Crippen LogP) is 4.60. The second-order valence-corrected chi connectivity index (χ2v) is 7.70. The first-order valence-electron chi connectivity index (χ1n) is 8.67. The maximum absolute atomic E-state index is 12.0. The molecule has 0 amide bonds. The van der Waals surface area contributed by atoms with Gasteiger partial charge in [-0.1, -0.05) is 66.9 Å². The van der Waals surface area contributed by atoms with Crippen molar-refractivity contribution in [1.82, 2.24) is 4.90 Å². The number of hydrogen-bond donors (Lipinski definition) is 1. The van der Waals surface area contributed by atoms with Crippen molar-refractivity contribution >= 4 is 11.6 Å². The van der Waals surface area contributed by atoms with Crippen LogP contribution in [0.3, 0.4) is 0 Å². The zero-order valence-corrected chi connectivity index (χ0v) is 15.3. The van der Waals surface area contributed by atoms with Gasteiger partial charge in [0, 0.05) is 17.0 Å². The lowest BCUT2D eigenvalue weighted by Crippen LogP contribution is -2.56. The number of nitrogens with zero attached hydrogens (tertiary/aromatic N) is 1. The van der Waals surface area contributed by atoms with Gasteiger partial charge in [-0.2, -0.15) is 0 Å². The topological polar surface area (TPSA) is 23.5 Å². The smallest absolute Gasteiger partial charge is 0.100 e. The summed E-state index contributed by atoms with van der Waals surface area (Å²) in [5.41, 5.74) is 0.893. The van der Waals surface area contributed by atoms with Crippen molar-refractivity contribution in [2.75, 3.05) is 20.6 Å². The molecule has 2 atom stereocenters. The molecule has 1 aliphatic carbocycles. The molecule has 2 nitrogen and oxygen atoms in total. The van der Waals surface area contributed by atoms with Crippen molar-refractivity contribution in [1.29, 1.82) is 0 Å². The normalized spacial score (nSPS) is 27.4. The van der Waals surface area contributed by atoms with Crippen molar-refractivity contribution in [3.8, 4) is 0 Å². The van der Waals surface area contributed by atoms with Crippen LogP contribution in [-0.2, 0) is 11.0 Å². The lowest BCUT2D eigenvalue weighted by atomic mass is 9.57. The Labute approximate surface area is 150 Å². The number of hydrogen-bond acceptors (Lipinski definition) is 2. The highest BCUT2D eigenvalue weighted by molar-refractivity contribution is 6.30. The van der Waals surface area contributed by atoms with Gasteiger partial charge in [-0.3, -0.25) is 0 Å². The Morgan fingerprint density at radius 3 is 2.29 bits per heavy atom. The minimum Gasteiger partial charge on any atom is -0.384 e. The lowest BCUT2D eigenvalue weighted by molar-refractivity contribution is -0.0859. The van der Waals surface area contributed by atoms with E-state index in [2.05, 4.69) is 37.2 Å². The zero-order chi connectivity index (χ0) is 17.2. The Balaban J connectivity index is 2.20. The van der Waals surface area contributed by atoms with Crippen LogP contribution in [0.25, 0.3) is 0 Å². The molecule has 0 aromatic heterocycles. The molecule has 2 aromatic rings. The first kappa shape index (κ1) is 17.5. The van der Waals surface area contributed by atoms with Crippen LogP contribution >= 0.6 is 11.6 Å². The van der Waals surface area contributed by atoms with Crippen LogP contribution in [0.1, 0.15) is 36.8 Å². The third-order valence-corrected chi connectivity index (χ3v) is 5.63. The second-order valence-electron chi connectivity index (χ2n) is 7.26. The van der Waals surface area contributed by atoms with Crippen LogP contribution in [0.2, 0.25) is 5.02 Å². The summed E-state index contributed by atoms with van der Waals surface area (Å²) < 4.78 is 0. The summed E-state index contributed by atoms with van der Waals surface area (Å²) in [6.45, 7) is 0.790. The molecular weight excluding hydrogens is 318 g/mol. The highest BCUT2D eigenvalue weighted by atomic mass is 35.5. The Kier molecular flexibility index (Phi) is 5.00. The monoisotopic (exact) mass is 343 g/mol. The van der Waals surface area contributed by atoms with Gasteiger partial charge in [0.1, 0.15) is 5.60 Å². The van der Waals surface area contributed by atoms with Crippen molar-refractivity contribution in [3.63, 3.8) is 0 Å². The Morgan fingerprint density at radius 2 is 1.62 bits per heavy atom. The molecule has 1 saturated carbocycles. The van der Waals surface area contributed by atoms with Gasteiger partial charge in [0.15, 0.2) is 0 Å². The van der Waals surface area contributed by atoms with E-state index in [4.69, 9.17) is 11.6 Å². The highest BCUT2D eigenvalue weighted by Crippen LogP contribution is 2.52. The first-order valence-corrected chi connectivity index (χ1v) is 9.04. The average molecular weight is 344 g/mol. The van der Waals surface area contributed by atoms with Gasteiger partial charge in [0.05, 0.1) is 0 Å². The summed E-state index contributed by atoms with van der Waals surface area (Å²) in [5, 5.41) is 12.7. The maximum atomic E-state index is 12.0. The molecular formula is C21H26ClNO. The molecule has 1 aliphatic rings. The summed E-state index contributed by atoms with van der Waals surface area (Å²) in [6.07, 6.45) is 3.89. The SMILES string of the molecule is CN(C)CC1(c2cccc(Cl)c2)CCCCC1(O)c1ccccc1. The van der Waals surface area contributed by atoms with Crippen LogP contribution in [0.5, 0.6) is 0 Å². The van der Waals surface area contributed by atoms with Gasteiger partial charge in [0.2, 0.25) is 0 Å². The van der Waals surface area contributed by atoms with E-state index in [1.165, 1.54) is 0 Å². The maximum Gasteiger partial charge on any atom is 0.100 e. The molecule has 2 unspecified atom stereocenters. The lowest BCUT2D eigenvalue weighted by Gasteiger charge is -2.52. The molecule has 3 heteroatoms. The number of rotatable bonds is 4. The molecule has 0 aliphatic heterocycles. The predicted molar refractivity (Wildman–Crippen MR) is 100 cm³/mol. The van der Waals surface area contributed by atoms with Crippen LogP contribution < -0.4 is 0 Å². The summed E-state index contributed by atoms with van der Waals surface area (Å²) in [6, 6.07) is 18.2. The fourth-order valence-corrected chi connectivity index (χ4v) is 4.59. The quantitative estimate of drug-likeness (QED) is 0.876. The van der Waals surface area contributed by atoms with E-state index in [0.717, 1.165) is 48.4 Å². The standard InChI is InChI=1S/C21H26ClNO/c1-23(2)16-20(18-11-8-12-19(22)15-18)13-6-7-14-21(20,24)17-9-4-3-5-10-17/h3-5,8-12,15,24H,6-7,13-14,16H2,1-2H3. The zero-order valence-electron chi connectivity index (χ0n) is 14.5. The third-order valence-electron chi connectivity index (χ3n) is 5.40. The molecule has 24 heavy (non-hydrogen) atoms. The molecule has 3 rings (SSSR count). The molecule has 128 valence electrons. The molecule has 0 heterocycles. The van der Waals surface area contributed by atoms with E-state index >= 15 is 0 Å². The van der Waals surface area contributed by atoms with Gasteiger partial charge < -0.3 is 10.0 Å². The van der Waals surface area contributed by atoms with Gasteiger partial charge in [-0.25, -0.2) is 0 Å². The van der Waals surface area contributed by atoms with E-state index in [1.54, 1.807) is 0 Å². The molecule has 0 bridgehead atoms. The molecule has 1 N–H and O–H groups in total. The fourth-order valence-electron chi connectivity index (χ4n) is 4.40. The first-order chi connectivity index (χ1) is 11.5. The summed E-state index contributed by atoms with van der Waals surface area (Å²) in [7, 11) is 4.15. The molecule has 2 aromatic carbocycles. The van der Waals surface area contributed by atoms with Gasteiger partial charge in [-0.15, -0.1) is 0 Å². The molecule has 0 spiro atoms. The number of benzene rings is 2. The number of aliphatic hydroxyl groups is 1. The third kappa shape index (κ3) is 2.99. The fraction of sp³-hybridized carbons (Fsp3) is 0.429. The van der Waals surface area contributed by atoms with Crippen molar-refractivity contribution in [3.05, 3.63) is 70.7 Å². The summed E-state index contributed by atoms with van der Waals surface area (Å²) in [4.78, 5) is 2.18. The van der Waals surface area contributed by atoms with E-state index in [-0.39, 0.29) is 5.41 Å². The molecule has 0 radical (unpaired) electrons. The minimum absolute atomic E-state index is 0.360. The summed E-state index contributed by atoms with van der Waals surface area (Å²) >= 11 is 6.31. The molecule has 1 fully saturated rings. The Morgan fingerprint density at radius 1 is 0.958 bits per heavy atom. The summed E-state index contributed by atoms with van der Waals surface area (Å²) in [5.74, 6) is 0. The van der Waals surface area contributed by atoms with E-state index < -0.39 is 5.60 Å².